The lowest BCUT2D eigenvalue weighted by atomic mass is 10.2. The molecule has 98 valence electrons. The lowest BCUT2D eigenvalue weighted by Crippen LogP contribution is -2.27. The van der Waals surface area contributed by atoms with Gasteiger partial charge in [0.2, 0.25) is 5.88 Å². The minimum absolute atomic E-state index is 0.141. The SMILES string of the molecule is CCOC(=O)CCNC(=O)c1cccnc1OC. The summed E-state index contributed by atoms with van der Waals surface area (Å²) in [6, 6.07) is 3.24. The largest absolute Gasteiger partial charge is 0.480 e. The summed E-state index contributed by atoms with van der Waals surface area (Å²) in [6.45, 7) is 2.29. The molecule has 1 N–H and O–H groups in total. The Balaban J connectivity index is 2.48. The fraction of sp³-hybridized carbons (Fsp3) is 0.417. The maximum atomic E-state index is 11.8. The topological polar surface area (TPSA) is 77.5 Å². The van der Waals surface area contributed by atoms with Crippen LogP contribution < -0.4 is 10.1 Å². The third-order valence-electron chi connectivity index (χ3n) is 2.13. The van der Waals surface area contributed by atoms with E-state index in [0.717, 1.165) is 0 Å². The van der Waals surface area contributed by atoms with Crippen molar-refractivity contribution in [2.75, 3.05) is 20.3 Å². The first kappa shape index (κ1) is 14.0. The molecule has 0 saturated heterocycles. The highest BCUT2D eigenvalue weighted by Crippen LogP contribution is 2.12. The molecule has 1 amide bonds. The molecule has 1 aromatic rings. The van der Waals surface area contributed by atoms with Gasteiger partial charge in [-0.05, 0) is 19.1 Å². The quantitative estimate of drug-likeness (QED) is 0.757. The Bertz CT molecular complexity index is 420. The van der Waals surface area contributed by atoms with Crippen LogP contribution in [0.25, 0.3) is 0 Å². The van der Waals surface area contributed by atoms with Gasteiger partial charge in [-0.15, -0.1) is 0 Å². The molecule has 0 unspecified atom stereocenters. The summed E-state index contributed by atoms with van der Waals surface area (Å²) in [5, 5.41) is 2.60. The van der Waals surface area contributed by atoms with E-state index in [-0.39, 0.29) is 30.7 Å². The van der Waals surface area contributed by atoms with E-state index in [4.69, 9.17) is 9.47 Å². The zero-order chi connectivity index (χ0) is 13.4. The summed E-state index contributed by atoms with van der Waals surface area (Å²) in [7, 11) is 1.44. The zero-order valence-electron chi connectivity index (χ0n) is 10.4. The number of carbonyl (C=O) groups excluding carboxylic acids is 2. The molecule has 18 heavy (non-hydrogen) atoms. The molecule has 6 heteroatoms. The Morgan fingerprint density at radius 1 is 1.44 bits per heavy atom. The number of methoxy groups -OCH3 is 1. The van der Waals surface area contributed by atoms with Crippen LogP contribution in [0.15, 0.2) is 18.3 Å². The average Bonchev–Trinajstić information content (AvgIpc) is 2.38. The number of aromatic nitrogens is 1. The molecular formula is C12H16N2O4. The van der Waals surface area contributed by atoms with Gasteiger partial charge in [0.25, 0.3) is 5.91 Å². The van der Waals surface area contributed by atoms with Crippen molar-refractivity contribution in [1.29, 1.82) is 0 Å². The van der Waals surface area contributed by atoms with Crippen LogP contribution in [0.3, 0.4) is 0 Å². The van der Waals surface area contributed by atoms with Crippen molar-refractivity contribution in [3.05, 3.63) is 23.9 Å². The minimum Gasteiger partial charge on any atom is -0.480 e. The van der Waals surface area contributed by atoms with E-state index < -0.39 is 0 Å². The molecule has 6 nitrogen and oxygen atoms in total. The number of hydrogen-bond donors (Lipinski definition) is 1. The summed E-state index contributed by atoms with van der Waals surface area (Å²) in [4.78, 5) is 26.8. The monoisotopic (exact) mass is 252 g/mol. The molecular weight excluding hydrogens is 236 g/mol. The Morgan fingerprint density at radius 3 is 2.89 bits per heavy atom. The van der Waals surface area contributed by atoms with E-state index in [1.54, 1.807) is 19.1 Å². The smallest absolute Gasteiger partial charge is 0.307 e. The normalized spacial score (nSPS) is 9.67. The molecule has 0 atom stereocenters. The number of esters is 1. The summed E-state index contributed by atoms with van der Waals surface area (Å²) in [5.41, 5.74) is 0.337. The van der Waals surface area contributed by atoms with Gasteiger partial charge in [0, 0.05) is 12.7 Å². The van der Waals surface area contributed by atoms with Crippen LogP contribution in [0.5, 0.6) is 5.88 Å². The number of ether oxygens (including phenoxy) is 2. The van der Waals surface area contributed by atoms with Crippen molar-refractivity contribution in [3.63, 3.8) is 0 Å². The first-order valence-corrected chi connectivity index (χ1v) is 5.61. The molecule has 0 aliphatic rings. The van der Waals surface area contributed by atoms with Crippen molar-refractivity contribution < 1.29 is 19.1 Å². The molecule has 0 spiro atoms. The predicted octanol–water partition coefficient (Wildman–Crippen LogP) is 0.773. The van der Waals surface area contributed by atoms with E-state index in [1.165, 1.54) is 13.3 Å². The molecule has 0 aliphatic heterocycles. The molecule has 0 bridgehead atoms. The third-order valence-corrected chi connectivity index (χ3v) is 2.13. The van der Waals surface area contributed by atoms with Gasteiger partial charge in [-0.2, -0.15) is 0 Å². The highest BCUT2D eigenvalue weighted by molar-refractivity contribution is 5.96. The molecule has 0 radical (unpaired) electrons. The van der Waals surface area contributed by atoms with Gasteiger partial charge in [-0.25, -0.2) is 4.98 Å². The minimum atomic E-state index is -0.337. The van der Waals surface area contributed by atoms with Crippen LogP contribution in [0.1, 0.15) is 23.7 Å². The third kappa shape index (κ3) is 4.04. The van der Waals surface area contributed by atoms with E-state index in [2.05, 4.69) is 10.3 Å². The van der Waals surface area contributed by atoms with Gasteiger partial charge >= 0.3 is 5.97 Å². The van der Waals surface area contributed by atoms with Crippen molar-refractivity contribution >= 4 is 11.9 Å². The van der Waals surface area contributed by atoms with Gasteiger partial charge in [0.15, 0.2) is 0 Å². The number of pyridine rings is 1. The van der Waals surface area contributed by atoms with Crippen molar-refractivity contribution in [2.24, 2.45) is 0 Å². The number of nitrogens with zero attached hydrogens (tertiary/aromatic N) is 1. The molecule has 0 aliphatic carbocycles. The van der Waals surface area contributed by atoms with Crippen molar-refractivity contribution in [2.45, 2.75) is 13.3 Å². The summed E-state index contributed by atoms with van der Waals surface area (Å²) < 4.78 is 9.72. The summed E-state index contributed by atoms with van der Waals surface area (Å²) in [5.74, 6) is -0.411. The van der Waals surface area contributed by atoms with Crippen molar-refractivity contribution in [3.8, 4) is 5.88 Å². The number of nitrogens with one attached hydrogen (secondary N) is 1. The van der Waals surface area contributed by atoms with Gasteiger partial charge in [0.05, 0.1) is 20.1 Å². The molecule has 0 saturated carbocycles. The Morgan fingerprint density at radius 2 is 2.22 bits per heavy atom. The standard InChI is InChI=1S/C12H16N2O4/c1-3-18-10(15)6-8-13-11(16)9-5-4-7-14-12(9)17-2/h4-5,7H,3,6,8H2,1-2H3,(H,13,16). The fourth-order valence-electron chi connectivity index (χ4n) is 1.33. The number of carbonyl (C=O) groups is 2. The Kier molecular flexibility index (Phi) is 5.63. The van der Waals surface area contributed by atoms with Gasteiger partial charge < -0.3 is 14.8 Å². The second kappa shape index (κ2) is 7.26. The Hall–Kier alpha value is -2.11. The van der Waals surface area contributed by atoms with E-state index in [9.17, 15) is 9.59 Å². The van der Waals surface area contributed by atoms with E-state index in [0.29, 0.717) is 12.2 Å². The predicted molar refractivity (Wildman–Crippen MR) is 64.4 cm³/mol. The van der Waals surface area contributed by atoms with Crippen LogP contribution in [0, 0.1) is 0 Å². The fourth-order valence-corrected chi connectivity index (χ4v) is 1.33. The van der Waals surface area contributed by atoms with Gasteiger partial charge in [0.1, 0.15) is 5.56 Å². The molecule has 0 fully saturated rings. The highest BCUT2D eigenvalue weighted by Gasteiger charge is 2.12. The highest BCUT2D eigenvalue weighted by atomic mass is 16.5. The second-order valence-electron chi connectivity index (χ2n) is 3.37. The lowest BCUT2D eigenvalue weighted by Gasteiger charge is -2.07. The zero-order valence-corrected chi connectivity index (χ0v) is 10.4. The number of hydrogen-bond acceptors (Lipinski definition) is 5. The van der Waals surface area contributed by atoms with E-state index in [1.807, 2.05) is 0 Å². The van der Waals surface area contributed by atoms with Crippen LogP contribution in [0.4, 0.5) is 0 Å². The summed E-state index contributed by atoms with van der Waals surface area (Å²) >= 11 is 0. The average molecular weight is 252 g/mol. The number of rotatable bonds is 6. The molecule has 0 aromatic carbocycles. The maximum absolute atomic E-state index is 11.8. The van der Waals surface area contributed by atoms with E-state index >= 15 is 0 Å². The maximum Gasteiger partial charge on any atom is 0.307 e. The second-order valence-corrected chi connectivity index (χ2v) is 3.37. The Labute approximate surface area is 105 Å². The van der Waals surface area contributed by atoms with Crippen LogP contribution in [-0.4, -0.2) is 37.1 Å². The molecule has 1 rings (SSSR count). The van der Waals surface area contributed by atoms with Gasteiger partial charge in [-0.1, -0.05) is 0 Å². The van der Waals surface area contributed by atoms with Gasteiger partial charge in [-0.3, -0.25) is 9.59 Å². The first-order chi connectivity index (χ1) is 8.69. The number of amides is 1. The van der Waals surface area contributed by atoms with Crippen LogP contribution in [-0.2, 0) is 9.53 Å². The lowest BCUT2D eigenvalue weighted by molar-refractivity contribution is -0.142. The first-order valence-electron chi connectivity index (χ1n) is 5.61. The van der Waals surface area contributed by atoms with Crippen molar-refractivity contribution in [1.82, 2.24) is 10.3 Å². The van der Waals surface area contributed by atoms with Crippen LogP contribution >= 0.6 is 0 Å². The summed E-state index contributed by atoms with van der Waals surface area (Å²) in [6.07, 6.45) is 1.68. The van der Waals surface area contributed by atoms with Crippen LogP contribution in [0.2, 0.25) is 0 Å². The molecule has 1 heterocycles. The molecule has 1 aromatic heterocycles.